The van der Waals surface area contributed by atoms with Crippen molar-refractivity contribution in [3.8, 4) is 16.9 Å². The molecule has 32 heavy (non-hydrogen) atoms. The molecule has 0 amide bonds. The van der Waals surface area contributed by atoms with Crippen molar-refractivity contribution >= 4 is 29.1 Å². The van der Waals surface area contributed by atoms with E-state index in [-0.39, 0.29) is 24.7 Å². The molecule has 10 heteroatoms. The number of nitrogens with zero attached hydrogens (tertiary/aromatic N) is 2. The zero-order chi connectivity index (χ0) is 23.3. The molecule has 0 fully saturated rings. The van der Waals surface area contributed by atoms with Gasteiger partial charge in [0.15, 0.2) is 4.34 Å². The lowest BCUT2D eigenvalue weighted by molar-refractivity contribution is -0.142. The Morgan fingerprint density at radius 2 is 1.91 bits per heavy atom. The SMILES string of the molecule is CCOC(=O)Cc1ccc(OC)c(-c2ccc(C(F)(F)F)cc2CSc2nnc(C)s2)c1. The third-order valence-electron chi connectivity index (χ3n) is 4.50. The van der Waals surface area contributed by atoms with Crippen LogP contribution in [0.2, 0.25) is 0 Å². The predicted octanol–water partition coefficient (Wildman–Crippen LogP) is 5.94. The van der Waals surface area contributed by atoms with Crippen LogP contribution < -0.4 is 4.74 Å². The second-order valence-electron chi connectivity index (χ2n) is 6.76. The Balaban J connectivity index is 2.03. The van der Waals surface area contributed by atoms with Crippen molar-refractivity contribution in [2.75, 3.05) is 13.7 Å². The number of aromatic nitrogens is 2. The number of esters is 1. The summed E-state index contributed by atoms with van der Waals surface area (Å²) < 4.78 is 51.3. The van der Waals surface area contributed by atoms with Gasteiger partial charge in [-0.25, -0.2) is 0 Å². The number of methoxy groups -OCH3 is 1. The van der Waals surface area contributed by atoms with Crippen molar-refractivity contribution in [2.24, 2.45) is 0 Å². The number of carbonyl (C=O) groups excluding carboxylic acids is 1. The number of thioether (sulfide) groups is 1. The topological polar surface area (TPSA) is 61.3 Å². The lowest BCUT2D eigenvalue weighted by atomic mass is 9.95. The molecule has 0 saturated carbocycles. The third kappa shape index (κ3) is 6.01. The molecule has 0 atom stereocenters. The standard InChI is InChI=1S/C22H21F3N2O3S2/c1-4-30-20(28)10-14-5-8-19(29-3)18(9-14)17-7-6-16(22(23,24)25)11-15(17)12-31-21-27-26-13(2)32-21/h5-9,11H,4,10,12H2,1-3H3. The van der Waals surface area contributed by atoms with Gasteiger partial charge in [0.2, 0.25) is 0 Å². The van der Waals surface area contributed by atoms with Gasteiger partial charge in [0, 0.05) is 11.3 Å². The summed E-state index contributed by atoms with van der Waals surface area (Å²) in [6.45, 7) is 3.81. The van der Waals surface area contributed by atoms with E-state index in [0.717, 1.165) is 17.1 Å². The Labute approximate surface area is 192 Å². The first-order chi connectivity index (χ1) is 15.2. The number of ether oxygens (including phenoxy) is 2. The first kappa shape index (κ1) is 24.1. The molecule has 5 nitrogen and oxygen atoms in total. The van der Waals surface area contributed by atoms with Gasteiger partial charge in [-0.3, -0.25) is 4.79 Å². The lowest BCUT2D eigenvalue weighted by Gasteiger charge is -2.16. The number of alkyl halides is 3. The van der Waals surface area contributed by atoms with E-state index in [0.29, 0.717) is 32.3 Å². The molecule has 0 N–H and O–H groups in total. The van der Waals surface area contributed by atoms with E-state index < -0.39 is 11.7 Å². The van der Waals surface area contributed by atoms with Crippen molar-refractivity contribution in [1.29, 1.82) is 0 Å². The number of rotatable bonds is 8. The molecule has 0 aliphatic heterocycles. The zero-order valence-corrected chi connectivity index (χ0v) is 19.3. The molecule has 2 aromatic carbocycles. The van der Waals surface area contributed by atoms with E-state index in [4.69, 9.17) is 9.47 Å². The van der Waals surface area contributed by atoms with Crippen molar-refractivity contribution < 1.29 is 27.4 Å². The van der Waals surface area contributed by atoms with Crippen LogP contribution in [0, 0.1) is 6.92 Å². The fourth-order valence-corrected chi connectivity index (χ4v) is 4.89. The molecular weight excluding hydrogens is 461 g/mol. The molecular formula is C22H21F3N2O3S2. The summed E-state index contributed by atoms with van der Waals surface area (Å²) in [7, 11) is 1.49. The summed E-state index contributed by atoms with van der Waals surface area (Å²) in [5.74, 6) is 0.382. The number of benzene rings is 2. The van der Waals surface area contributed by atoms with Crippen LogP contribution in [0.4, 0.5) is 13.2 Å². The smallest absolute Gasteiger partial charge is 0.416 e. The van der Waals surface area contributed by atoms with Crippen LogP contribution in [0.25, 0.3) is 11.1 Å². The van der Waals surface area contributed by atoms with Gasteiger partial charge < -0.3 is 9.47 Å². The van der Waals surface area contributed by atoms with Crippen molar-refractivity contribution in [3.05, 3.63) is 58.1 Å². The molecule has 0 bridgehead atoms. The largest absolute Gasteiger partial charge is 0.496 e. The fourth-order valence-electron chi connectivity index (χ4n) is 3.08. The van der Waals surface area contributed by atoms with E-state index in [2.05, 4.69) is 10.2 Å². The van der Waals surface area contributed by atoms with Gasteiger partial charge in [-0.05, 0) is 54.8 Å². The van der Waals surface area contributed by atoms with Gasteiger partial charge in [-0.1, -0.05) is 35.2 Å². The van der Waals surface area contributed by atoms with Crippen LogP contribution >= 0.6 is 23.1 Å². The third-order valence-corrected chi connectivity index (χ3v) is 6.52. The normalized spacial score (nSPS) is 11.4. The number of halogens is 3. The van der Waals surface area contributed by atoms with Gasteiger partial charge in [-0.2, -0.15) is 13.2 Å². The highest BCUT2D eigenvalue weighted by Gasteiger charge is 2.31. The molecule has 0 spiro atoms. The van der Waals surface area contributed by atoms with E-state index in [9.17, 15) is 18.0 Å². The van der Waals surface area contributed by atoms with Crippen LogP contribution in [0.3, 0.4) is 0 Å². The molecule has 0 aliphatic carbocycles. The molecule has 3 rings (SSSR count). The zero-order valence-electron chi connectivity index (χ0n) is 17.7. The Hall–Kier alpha value is -2.59. The summed E-state index contributed by atoms with van der Waals surface area (Å²) in [4.78, 5) is 11.9. The maximum Gasteiger partial charge on any atom is 0.416 e. The second kappa shape index (κ2) is 10.4. The van der Waals surface area contributed by atoms with Crippen LogP contribution in [0.5, 0.6) is 5.75 Å². The van der Waals surface area contributed by atoms with Crippen molar-refractivity contribution in [1.82, 2.24) is 10.2 Å². The lowest BCUT2D eigenvalue weighted by Crippen LogP contribution is -2.08. The van der Waals surface area contributed by atoms with Crippen LogP contribution in [0.1, 0.15) is 28.6 Å². The second-order valence-corrected chi connectivity index (χ2v) is 9.17. The average molecular weight is 483 g/mol. The van der Waals surface area contributed by atoms with Crippen LogP contribution in [-0.2, 0) is 27.9 Å². The molecule has 1 aromatic heterocycles. The molecule has 0 radical (unpaired) electrons. The Morgan fingerprint density at radius 3 is 2.53 bits per heavy atom. The highest BCUT2D eigenvalue weighted by molar-refractivity contribution is 8.00. The van der Waals surface area contributed by atoms with Gasteiger partial charge in [0.05, 0.1) is 25.7 Å². The molecule has 3 aromatic rings. The Kier molecular flexibility index (Phi) is 7.78. The summed E-state index contributed by atoms with van der Waals surface area (Å²) in [5.41, 5.74) is 1.62. The van der Waals surface area contributed by atoms with Gasteiger partial charge in [0.25, 0.3) is 0 Å². The molecule has 1 heterocycles. The van der Waals surface area contributed by atoms with Crippen molar-refractivity contribution in [2.45, 2.75) is 36.5 Å². The summed E-state index contributed by atoms with van der Waals surface area (Å²) in [5, 5.41) is 8.77. The molecule has 170 valence electrons. The van der Waals surface area contributed by atoms with E-state index in [1.165, 1.54) is 36.3 Å². The first-order valence-electron chi connectivity index (χ1n) is 9.67. The molecule has 0 saturated heterocycles. The van der Waals surface area contributed by atoms with E-state index in [1.54, 1.807) is 25.1 Å². The van der Waals surface area contributed by atoms with Gasteiger partial charge in [-0.15, -0.1) is 10.2 Å². The maximum absolute atomic E-state index is 13.4. The Bertz CT molecular complexity index is 1100. The van der Waals surface area contributed by atoms with Gasteiger partial charge >= 0.3 is 12.1 Å². The molecule has 0 aliphatic rings. The van der Waals surface area contributed by atoms with E-state index in [1.807, 2.05) is 6.92 Å². The predicted molar refractivity (Wildman–Crippen MR) is 118 cm³/mol. The summed E-state index contributed by atoms with van der Waals surface area (Å²) in [6, 6.07) is 8.83. The highest BCUT2D eigenvalue weighted by atomic mass is 32.2. The Morgan fingerprint density at radius 1 is 1.12 bits per heavy atom. The summed E-state index contributed by atoms with van der Waals surface area (Å²) >= 11 is 2.70. The minimum Gasteiger partial charge on any atom is -0.496 e. The fraction of sp³-hybridized carbons (Fsp3) is 0.318. The minimum absolute atomic E-state index is 0.0552. The van der Waals surface area contributed by atoms with Crippen LogP contribution in [-0.4, -0.2) is 29.9 Å². The highest BCUT2D eigenvalue weighted by Crippen LogP contribution is 2.39. The first-order valence-corrected chi connectivity index (χ1v) is 11.5. The number of aryl methyl sites for hydroxylation is 1. The van der Waals surface area contributed by atoms with Crippen LogP contribution in [0.15, 0.2) is 40.7 Å². The van der Waals surface area contributed by atoms with E-state index >= 15 is 0 Å². The van der Waals surface area contributed by atoms with Gasteiger partial charge in [0.1, 0.15) is 10.8 Å². The minimum atomic E-state index is -4.47. The number of carbonyl (C=O) groups is 1. The number of hydrogen-bond acceptors (Lipinski definition) is 7. The monoisotopic (exact) mass is 482 g/mol. The quantitative estimate of drug-likeness (QED) is 0.293. The average Bonchev–Trinajstić information content (AvgIpc) is 3.16. The maximum atomic E-state index is 13.4. The molecule has 0 unspecified atom stereocenters. The number of hydrogen-bond donors (Lipinski definition) is 0. The van der Waals surface area contributed by atoms with Crippen molar-refractivity contribution in [3.63, 3.8) is 0 Å². The summed E-state index contributed by atoms with van der Waals surface area (Å²) in [6.07, 6.45) is -4.41.